The first kappa shape index (κ1) is 29.9. The van der Waals surface area contributed by atoms with Gasteiger partial charge in [-0.05, 0) is 55.1 Å². The molecule has 0 N–H and O–H groups in total. The number of carbonyl (C=O) groups excluding carboxylic acids is 2. The fourth-order valence-electron chi connectivity index (χ4n) is 7.40. The molecule has 0 saturated carbocycles. The van der Waals surface area contributed by atoms with Crippen LogP contribution in [0.2, 0.25) is 0 Å². The topological polar surface area (TPSA) is 124 Å². The minimum atomic E-state index is -0.489. The minimum Gasteiger partial charge on any atom is -0.338 e. The Labute approximate surface area is 278 Å². The molecule has 8 rings (SSSR count). The van der Waals surface area contributed by atoms with Gasteiger partial charge in [-0.3, -0.25) is 29.1 Å². The van der Waals surface area contributed by atoms with Crippen molar-refractivity contribution in [3.8, 4) is 17.5 Å². The lowest BCUT2D eigenvalue weighted by Crippen LogP contribution is -2.43. The third kappa shape index (κ3) is 5.38. The summed E-state index contributed by atoms with van der Waals surface area (Å²) in [5, 5.41) is 13.5. The van der Waals surface area contributed by atoms with Crippen LogP contribution in [-0.2, 0) is 23.2 Å². The average molecular weight is 638 g/mol. The number of carbonyl (C=O) groups is 2. The van der Waals surface area contributed by atoms with Gasteiger partial charge in [0.1, 0.15) is 12.1 Å². The van der Waals surface area contributed by atoms with Gasteiger partial charge >= 0.3 is 0 Å². The maximum absolute atomic E-state index is 13.9. The molecule has 4 aliphatic rings. The standard InChI is InChI=1S/C37H35N9O2/c1-43-24-40-35(42-43)29-8-6-26(7-9-29)27-12-16-45(17-13-27)32(47)22-44-18-14-37(23-44)15-19-46(36(37)48)31-11-10-30-21-39-33(34(30)41-31)28-4-2-25(20-38)3-5-28/h2-12,24H,13-19,21-23H2,1H3/t37-/m0/s1. The summed E-state index contributed by atoms with van der Waals surface area (Å²) in [5.74, 6) is 1.55. The van der Waals surface area contributed by atoms with E-state index in [1.807, 2.05) is 53.2 Å². The third-order valence-corrected chi connectivity index (χ3v) is 10.1. The zero-order valence-electron chi connectivity index (χ0n) is 26.8. The van der Waals surface area contributed by atoms with Crippen LogP contribution in [0, 0.1) is 16.7 Å². The number of rotatable bonds is 6. The normalized spacial score (nSPS) is 20.6. The van der Waals surface area contributed by atoms with Crippen LogP contribution in [0.15, 0.2) is 78.1 Å². The van der Waals surface area contributed by atoms with Crippen LogP contribution in [0.5, 0.6) is 0 Å². The van der Waals surface area contributed by atoms with Crippen LogP contribution < -0.4 is 4.90 Å². The number of nitriles is 1. The van der Waals surface area contributed by atoms with E-state index in [0.29, 0.717) is 56.5 Å². The number of pyridine rings is 1. The molecule has 4 aliphatic heterocycles. The molecule has 240 valence electrons. The smallest absolute Gasteiger partial charge is 0.237 e. The lowest BCUT2D eigenvalue weighted by molar-refractivity contribution is -0.132. The van der Waals surface area contributed by atoms with Crippen molar-refractivity contribution in [2.75, 3.05) is 44.2 Å². The van der Waals surface area contributed by atoms with Gasteiger partial charge in [0.25, 0.3) is 0 Å². The Kier molecular flexibility index (Phi) is 7.45. The lowest BCUT2D eigenvalue weighted by Gasteiger charge is -2.29. The molecule has 1 spiro atoms. The molecule has 2 amide bonds. The number of hydrogen-bond acceptors (Lipinski definition) is 8. The number of fused-ring (bicyclic) bond motifs is 1. The van der Waals surface area contributed by atoms with E-state index in [1.54, 1.807) is 23.1 Å². The third-order valence-electron chi connectivity index (χ3n) is 10.1. The number of amides is 2. The summed E-state index contributed by atoms with van der Waals surface area (Å²) in [4.78, 5) is 47.2. The van der Waals surface area contributed by atoms with Crippen molar-refractivity contribution in [2.24, 2.45) is 17.5 Å². The van der Waals surface area contributed by atoms with Crippen molar-refractivity contribution in [1.29, 1.82) is 5.26 Å². The zero-order valence-corrected chi connectivity index (χ0v) is 26.8. The molecule has 4 aromatic rings. The first-order chi connectivity index (χ1) is 23.4. The van der Waals surface area contributed by atoms with Gasteiger partial charge in [0, 0.05) is 49.9 Å². The fraction of sp³-hybridized carbons (Fsp3) is 0.324. The van der Waals surface area contributed by atoms with E-state index in [2.05, 4.69) is 39.3 Å². The molecule has 2 fully saturated rings. The van der Waals surface area contributed by atoms with E-state index in [9.17, 15) is 9.59 Å². The van der Waals surface area contributed by atoms with E-state index in [-0.39, 0.29) is 11.8 Å². The molecule has 1 atom stereocenters. The second kappa shape index (κ2) is 12.0. The number of aromatic nitrogens is 4. The fourth-order valence-corrected chi connectivity index (χ4v) is 7.40. The molecule has 11 nitrogen and oxygen atoms in total. The lowest BCUT2D eigenvalue weighted by atomic mass is 9.85. The highest BCUT2D eigenvalue weighted by Gasteiger charge is 2.51. The predicted octanol–water partition coefficient (Wildman–Crippen LogP) is 3.84. The summed E-state index contributed by atoms with van der Waals surface area (Å²) in [7, 11) is 1.86. The summed E-state index contributed by atoms with van der Waals surface area (Å²) >= 11 is 0. The van der Waals surface area contributed by atoms with Gasteiger partial charge in [-0.2, -0.15) is 10.4 Å². The number of nitrogens with zero attached hydrogens (tertiary/aromatic N) is 9. The van der Waals surface area contributed by atoms with E-state index in [1.165, 1.54) is 5.57 Å². The summed E-state index contributed by atoms with van der Waals surface area (Å²) in [6.07, 6.45) is 6.14. The maximum atomic E-state index is 13.9. The van der Waals surface area contributed by atoms with Crippen molar-refractivity contribution in [3.63, 3.8) is 0 Å². The monoisotopic (exact) mass is 637 g/mol. The molecular weight excluding hydrogens is 602 g/mol. The summed E-state index contributed by atoms with van der Waals surface area (Å²) in [6.45, 7) is 4.05. The van der Waals surface area contributed by atoms with Crippen LogP contribution in [0.3, 0.4) is 0 Å². The summed E-state index contributed by atoms with van der Waals surface area (Å²) in [6, 6.07) is 21.7. The van der Waals surface area contributed by atoms with Crippen molar-refractivity contribution in [2.45, 2.75) is 25.8 Å². The first-order valence-corrected chi connectivity index (χ1v) is 16.4. The van der Waals surface area contributed by atoms with Gasteiger partial charge in [0.05, 0.1) is 41.5 Å². The zero-order chi connectivity index (χ0) is 32.8. The van der Waals surface area contributed by atoms with Crippen LogP contribution in [0.1, 0.15) is 47.2 Å². The van der Waals surface area contributed by atoms with Crippen molar-refractivity contribution in [3.05, 3.63) is 101 Å². The molecular formula is C37H35N9O2. The molecule has 6 heterocycles. The Morgan fingerprint density at radius 3 is 2.46 bits per heavy atom. The number of likely N-dealkylation sites (tertiary alicyclic amines) is 1. The molecule has 2 saturated heterocycles. The molecule has 0 bridgehead atoms. The summed E-state index contributed by atoms with van der Waals surface area (Å²) < 4.78 is 1.69. The van der Waals surface area contributed by atoms with Crippen molar-refractivity contribution < 1.29 is 9.59 Å². The van der Waals surface area contributed by atoms with E-state index >= 15 is 0 Å². The van der Waals surface area contributed by atoms with Gasteiger partial charge in [-0.15, -0.1) is 0 Å². The maximum Gasteiger partial charge on any atom is 0.237 e. The SMILES string of the molecule is Cn1cnc(-c2ccc(C3=CCN(C(=O)CN4CC[C@]5(CCN(c6ccc7c(n6)C(c6ccc(C#N)cc6)=NC7)C5=O)C4)CC3)cc2)n1. The van der Waals surface area contributed by atoms with E-state index < -0.39 is 5.41 Å². The number of benzene rings is 2. The quantitative estimate of drug-likeness (QED) is 0.315. The number of hydrogen-bond donors (Lipinski definition) is 0. The highest BCUT2D eigenvalue weighted by molar-refractivity contribution is 6.14. The molecule has 0 radical (unpaired) electrons. The first-order valence-electron chi connectivity index (χ1n) is 16.4. The Hall–Kier alpha value is -5.47. The molecule has 0 unspecified atom stereocenters. The molecule has 2 aromatic carbocycles. The van der Waals surface area contributed by atoms with Gasteiger partial charge in [-0.25, -0.2) is 9.97 Å². The van der Waals surface area contributed by atoms with Crippen molar-refractivity contribution >= 4 is 28.9 Å². The van der Waals surface area contributed by atoms with Crippen LogP contribution in [0.4, 0.5) is 5.82 Å². The number of aliphatic imine (C=N–C) groups is 1. The average Bonchev–Trinajstić information content (AvgIpc) is 3.92. The van der Waals surface area contributed by atoms with E-state index in [0.717, 1.165) is 59.5 Å². The number of aryl methyl sites for hydroxylation is 1. The Bertz CT molecular complexity index is 2020. The van der Waals surface area contributed by atoms with Crippen LogP contribution in [0.25, 0.3) is 17.0 Å². The van der Waals surface area contributed by atoms with Gasteiger partial charge in [0.2, 0.25) is 11.8 Å². The van der Waals surface area contributed by atoms with Crippen LogP contribution in [-0.4, -0.2) is 86.3 Å². The van der Waals surface area contributed by atoms with E-state index in [4.69, 9.17) is 15.2 Å². The molecule has 0 aliphatic carbocycles. The Morgan fingerprint density at radius 1 is 0.958 bits per heavy atom. The highest BCUT2D eigenvalue weighted by atomic mass is 16.2. The second-order valence-electron chi connectivity index (χ2n) is 13.1. The van der Waals surface area contributed by atoms with Gasteiger partial charge in [-0.1, -0.05) is 48.5 Å². The second-order valence-corrected chi connectivity index (χ2v) is 13.1. The summed E-state index contributed by atoms with van der Waals surface area (Å²) in [5.41, 5.74) is 7.01. The minimum absolute atomic E-state index is 0.0927. The predicted molar refractivity (Wildman–Crippen MR) is 181 cm³/mol. The largest absolute Gasteiger partial charge is 0.338 e. The number of anilines is 1. The molecule has 48 heavy (non-hydrogen) atoms. The highest BCUT2D eigenvalue weighted by Crippen LogP contribution is 2.42. The Balaban J connectivity index is 0.883. The Morgan fingerprint density at radius 2 is 1.73 bits per heavy atom. The van der Waals surface area contributed by atoms with Gasteiger partial charge in [0.15, 0.2) is 5.82 Å². The van der Waals surface area contributed by atoms with Gasteiger partial charge < -0.3 is 4.90 Å². The molecule has 2 aromatic heterocycles. The molecule has 11 heteroatoms. The van der Waals surface area contributed by atoms with Crippen LogP contribution >= 0.6 is 0 Å². The van der Waals surface area contributed by atoms with Crippen molar-refractivity contribution in [1.82, 2.24) is 29.5 Å².